The fourth-order valence-corrected chi connectivity index (χ4v) is 1.86. The van der Waals surface area contributed by atoms with Crippen molar-refractivity contribution in [1.82, 2.24) is 9.97 Å². The van der Waals surface area contributed by atoms with Crippen LogP contribution in [0.4, 0.5) is 0 Å². The molecule has 1 rings (SSSR count). The highest BCUT2D eigenvalue weighted by Gasteiger charge is 2.18. The summed E-state index contributed by atoms with van der Waals surface area (Å²) in [6.45, 7) is 5.88. The molecule has 0 amide bonds. The lowest BCUT2D eigenvalue weighted by Gasteiger charge is -2.16. The van der Waals surface area contributed by atoms with E-state index in [1.165, 1.54) is 0 Å². The molecule has 0 saturated heterocycles. The Morgan fingerprint density at radius 3 is 2.47 bits per heavy atom. The van der Waals surface area contributed by atoms with Crippen LogP contribution in [0.15, 0.2) is 12.3 Å². The van der Waals surface area contributed by atoms with E-state index in [0.717, 1.165) is 0 Å². The quantitative estimate of drug-likeness (QED) is 0.750. The summed E-state index contributed by atoms with van der Waals surface area (Å²) in [7, 11) is 1.59. The molecule has 0 aliphatic rings. The normalized spacial score (nSPS) is 12.8. The van der Waals surface area contributed by atoms with Crippen LogP contribution < -0.4 is 0 Å². The summed E-state index contributed by atoms with van der Waals surface area (Å²) in [4.78, 5) is 8.25. The van der Waals surface area contributed by atoms with E-state index in [-0.39, 0.29) is 11.2 Å². The van der Waals surface area contributed by atoms with E-state index >= 15 is 0 Å². The van der Waals surface area contributed by atoms with Crippen LogP contribution in [0.2, 0.25) is 0 Å². The minimum absolute atomic E-state index is 0.202. The van der Waals surface area contributed by atoms with E-state index in [1.807, 2.05) is 20.8 Å². The zero-order valence-corrected chi connectivity index (χ0v) is 10.4. The molecule has 0 bridgehead atoms. The fourth-order valence-electron chi connectivity index (χ4n) is 1.01. The summed E-state index contributed by atoms with van der Waals surface area (Å²) in [5.74, 6) is 0.348. The SMILES string of the molecule is CC(C)(C)c1nccc(CS(=O)(=O)Cl)n1. The molecule has 15 heavy (non-hydrogen) atoms. The van der Waals surface area contributed by atoms with Gasteiger partial charge in [0.1, 0.15) is 11.6 Å². The molecule has 84 valence electrons. The molecule has 1 aromatic heterocycles. The van der Waals surface area contributed by atoms with Crippen molar-refractivity contribution in [2.45, 2.75) is 31.9 Å². The first-order chi connectivity index (χ1) is 6.68. The molecule has 0 fully saturated rings. The topological polar surface area (TPSA) is 59.9 Å². The van der Waals surface area contributed by atoms with Crippen LogP contribution in [0.3, 0.4) is 0 Å². The van der Waals surface area contributed by atoms with E-state index in [1.54, 1.807) is 12.3 Å². The van der Waals surface area contributed by atoms with Gasteiger partial charge in [0, 0.05) is 22.3 Å². The van der Waals surface area contributed by atoms with Gasteiger partial charge in [0.05, 0.1) is 5.69 Å². The number of hydrogen-bond acceptors (Lipinski definition) is 4. The molecule has 0 unspecified atom stereocenters. The highest BCUT2D eigenvalue weighted by atomic mass is 35.7. The second-order valence-electron chi connectivity index (χ2n) is 4.30. The summed E-state index contributed by atoms with van der Waals surface area (Å²) in [6.07, 6.45) is 1.55. The van der Waals surface area contributed by atoms with E-state index in [2.05, 4.69) is 9.97 Å². The van der Waals surface area contributed by atoms with Crippen molar-refractivity contribution >= 4 is 19.7 Å². The molecule has 0 atom stereocenters. The molecule has 6 heteroatoms. The van der Waals surface area contributed by atoms with Crippen molar-refractivity contribution in [3.05, 3.63) is 23.8 Å². The maximum atomic E-state index is 10.9. The maximum Gasteiger partial charge on any atom is 0.238 e. The monoisotopic (exact) mass is 248 g/mol. The summed E-state index contributed by atoms with van der Waals surface area (Å²) in [5.41, 5.74) is 0.219. The molecular weight excluding hydrogens is 236 g/mol. The zero-order chi connectivity index (χ0) is 11.7. The van der Waals surface area contributed by atoms with Crippen molar-refractivity contribution in [3.8, 4) is 0 Å². The van der Waals surface area contributed by atoms with E-state index in [0.29, 0.717) is 11.5 Å². The second kappa shape index (κ2) is 4.06. The Morgan fingerprint density at radius 1 is 1.40 bits per heavy atom. The van der Waals surface area contributed by atoms with Crippen molar-refractivity contribution in [2.24, 2.45) is 0 Å². The van der Waals surface area contributed by atoms with Gasteiger partial charge in [0.2, 0.25) is 9.05 Å². The number of halogens is 1. The first kappa shape index (κ1) is 12.4. The summed E-state index contributed by atoms with van der Waals surface area (Å²) < 4.78 is 21.7. The Balaban J connectivity index is 3.04. The van der Waals surface area contributed by atoms with Gasteiger partial charge in [-0.25, -0.2) is 18.4 Å². The van der Waals surface area contributed by atoms with Crippen LogP contribution in [0.1, 0.15) is 32.3 Å². The fraction of sp³-hybridized carbons (Fsp3) is 0.556. The van der Waals surface area contributed by atoms with Gasteiger partial charge in [-0.1, -0.05) is 20.8 Å². The minimum Gasteiger partial charge on any atom is -0.241 e. The number of rotatable bonds is 2. The lowest BCUT2D eigenvalue weighted by Crippen LogP contribution is -2.17. The van der Waals surface area contributed by atoms with Gasteiger partial charge in [-0.05, 0) is 6.07 Å². The molecule has 0 spiro atoms. The van der Waals surface area contributed by atoms with Crippen LogP contribution in [-0.4, -0.2) is 18.4 Å². The Hall–Kier alpha value is -0.680. The molecule has 0 radical (unpaired) electrons. The second-order valence-corrected chi connectivity index (χ2v) is 7.08. The minimum atomic E-state index is -3.56. The third kappa shape index (κ3) is 4.13. The molecule has 1 heterocycles. The van der Waals surface area contributed by atoms with Crippen LogP contribution in [0.5, 0.6) is 0 Å². The van der Waals surface area contributed by atoms with Crippen LogP contribution in [0.25, 0.3) is 0 Å². The first-order valence-corrected chi connectivity index (χ1v) is 6.91. The third-order valence-electron chi connectivity index (χ3n) is 1.70. The van der Waals surface area contributed by atoms with E-state index in [4.69, 9.17) is 10.7 Å². The molecule has 4 nitrogen and oxygen atoms in total. The van der Waals surface area contributed by atoms with Crippen molar-refractivity contribution < 1.29 is 8.42 Å². The van der Waals surface area contributed by atoms with Gasteiger partial charge in [0.15, 0.2) is 0 Å². The zero-order valence-electron chi connectivity index (χ0n) is 8.86. The van der Waals surface area contributed by atoms with Crippen molar-refractivity contribution in [3.63, 3.8) is 0 Å². The number of aromatic nitrogens is 2. The average Bonchev–Trinajstić information content (AvgIpc) is 1.99. The van der Waals surface area contributed by atoms with Gasteiger partial charge in [-0.15, -0.1) is 0 Å². The van der Waals surface area contributed by atoms with Crippen molar-refractivity contribution in [1.29, 1.82) is 0 Å². The Bertz CT molecular complexity index is 451. The smallest absolute Gasteiger partial charge is 0.238 e. The van der Waals surface area contributed by atoms with E-state index < -0.39 is 9.05 Å². The van der Waals surface area contributed by atoms with Crippen LogP contribution in [-0.2, 0) is 20.2 Å². The van der Waals surface area contributed by atoms with Crippen LogP contribution in [0, 0.1) is 0 Å². The lowest BCUT2D eigenvalue weighted by molar-refractivity contribution is 0.542. The largest absolute Gasteiger partial charge is 0.241 e. The van der Waals surface area contributed by atoms with Crippen molar-refractivity contribution in [2.75, 3.05) is 0 Å². The predicted octanol–water partition coefficient (Wildman–Crippen LogP) is 1.84. The molecule has 0 N–H and O–H groups in total. The Labute approximate surface area is 94.1 Å². The van der Waals surface area contributed by atoms with Gasteiger partial charge in [-0.2, -0.15) is 0 Å². The Morgan fingerprint density at radius 2 is 2.00 bits per heavy atom. The average molecular weight is 249 g/mol. The van der Waals surface area contributed by atoms with Crippen LogP contribution >= 0.6 is 10.7 Å². The Kier molecular flexibility index (Phi) is 3.35. The van der Waals surface area contributed by atoms with Gasteiger partial charge < -0.3 is 0 Å². The molecule has 0 aliphatic heterocycles. The highest BCUT2D eigenvalue weighted by Crippen LogP contribution is 2.18. The predicted molar refractivity (Wildman–Crippen MR) is 59.2 cm³/mol. The van der Waals surface area contributed by atoms with Gasteiger partial charge in [-0.3, -0.25) is 0 Å². The highest BCUT2D eigenvalue weighted by molar-refractivity contribution is 8.13. The summed E-state index contributed by atoms with van der Waals surface area (Å²) in [6, 6.07) is 1.55. The third-order valence-corrected chi connectivity index (χ3v) is 2.67. The lowest BCUT2D eigenvalue weighted by atomic mass is 9.96. The molecule has 0 saturated carbocycles. The summed E-state index contributed by atoms with van der Waals surface area (Å²) >= 11 is 0. The number of hydrogen-bond donors (Lipinski definition) is 0. The standard InChI is InChI=1S/C9H13ClN2O2S/c1-9(2,3)8-11-5-4-7(12-8)6-15(10,13)14/h4-5H,6H2,1-3H3. The molecule has 0 aromatic carbocycles. The first-order valence-electron chi connectivity index (χ1n) is 4.43. The number of nitrogens with zero attached hydrogens (tertiary/aromatic N) is 2. The van der Waals surface area contributed by atoms with E-state index in [9.17, 15) is 8.42 Å². The maximum absolute atomic E-state index is 10.9. The molecule has 0 aliphatic carbocycles. The molecular formula is C9H13ClN2O2S. The summed E-state index contributed by atoms with van der Waals surface area (Å²) in [5, 5.41) is 0. The van der Waals surface area contributed by atoms with Gasteiger partial charge >= 0.3 is 0 Å². The van der Waals surface area contributed by atoms with Gasteiger partial charge in [0.25, 0.3) is 0 Å². The molecule has 1 aromatic rings.